The van der Waals surface area contributed by atoms with Gasteiger partial charge < -0.3 is 16.0 Å². The summed E-state index contributed by atoms with van der Waals surface area (Å²) in [7, 11) is 0. The van der Waals surface area contributed by atoms with Gasteiger partial charge in [0.2, 0.25) is 0 Å². The van der Waals surface area contributed by atoms with Gasteiger partial charge in [0, 0.05) is 30.9 Å². The molecule has 0 aromatic carbocycles. The number of hydrogen-bond donors (Lipinski definition) is 2. The molecule has 3 N–H and O–H groups in total. The van der Waals surface area contributed by atoms with E-state index in [1.807, 2.05) is 0 Å². The zero-order valence-electron chi connectivity index (χ0n) is 11.6. The number of nitrogens with one attached hydrogen (secondary N) is 1. The van der Waals surface area contributed by atoms with Gasteiger partial charge in [0.1, 0.15) is 5.82 Å². The molecule has 0 bridgehead atoms. The van der Waals surface area contributed by atoms with Crippen molar-refractivity contribution in [2.24, 2.45) is 5.92 Å². The summed E-state index contributed by atoms with van der Waals surface area (Å²) in [4.78, 5) is 18.3. The molecular weight excluding hydrogens is 240 g/mol. The Hall–Kier alpha value is -1.62. The van der Waals surface area contributed by atoms with Crippen LogP contribution in [0.25, 0.3) is 0 Å². The lowest BCUT2D eigenvalue weighted by Crippen LogP contribution is -2.33. The normalized spacial score (nSPS) is 19.8. The van der Waals surface area contributed by atoms with E-state index >= 15 is 0 Å². The van der Waals surface area contributed by atoms with Gasteiger partial charge in [-0.05, 0) is 44.9 Å². The molecule has 1 atom stereocenters. The van der Waals surface area contributed by atoms with Gasteiger partial charge in [-0.3, -0.25) is 4.79 Å². The quantitative estimate of drug-likeness (QED) is 0.853. The number of amides is 1. The lowest BCUT2D eigenvalue weighted by Gasteiger charge is -2.20. The second-order valence-corrected chi connectivity index (χ2v) is 5.42. The van der Waals surface area contributed by atoms with E-state index in [2.05, 4.69) is 29.0 Å². The van der Waals surface area contributed by atoms with Crippen LogP contribution in [-0.2, 0) is 0 Å². The molecule has 0 radical (unpaired) electrons. The third-order valence-electron chi connectivity index (χ3n) is 3.64. The van der Waals surface area contributed by atoms with Crippen LogP contribution in [0.3, 0.4) is 0 Å². The molecule has 5 heteroatoms. The first-order valence-electron chi connectivity index (χ1n) is 6.80. The van der Waals surface area contributed by atoms with Gasteiger partial charge in [0.25, 0.3) is 5.91 Å². The van der Waals surface area contributed by atoms with Crippen molar-refractivity contribution in [2.75, 3.05) is 25.4 Å². The van der Waals surface area contributed by atoms with Gasteiger partial charge in [-0.15, -0.1) is 0 Å². The van der Waals surface area contributed by atoms with E-state index in [0.717, 1.165) is 26.1 Å². The third-order valence-corrected chi connectivity index (χ3v) is 3.64. The molecule has 0 aliphatic carbocycles. The molecule has 1 amide bonds. The Morgan fingerprint density at radius 3 is 3.05 bits per heavy atom. The van der Waals surface area contributed by atoms with Gasteiger partial charge in [-0.2, -0.15) is 0 Å². The average Bonchev–Trinajstić information content (AvgIpc) is 2.85. The number of carbonyl (C=O) groups is 1. The molecule has 1 saturated heterocycles. The Kier molecular flexibility index (Phi) is 4.37. The number of nitrogens with two attached hydrogens (primary N) is 1. The zero-order valence-corrected chi connectivity index (χ0v) is 11.6. The summed E-state index contributed by atoms with van der Waals surface area (Å²) in [5.41, 5.74) is 6.14. The van der Waals surface area contributed by atoms with Crippen molar-refractivity contribution in [1.82, 2.24) is 15.2 Å². The van der Waals surface area contributed by atoms with E-state index in [4.69, 9.17) is 5.73 Å². The molecule has 1 aliphatic rings. The largest absolute Gasteiger partial charge is 0.384 e. The van der Waals surface area contributed by atoms with Crippen LogP contribution < -0.4 is 11.1 Å². The topological polar surface area (TPSA) is 71.2 Å². The van der Waals surface area contributed by atoms with Crippen molar-refractivity contribution in [3.63, 3.8) is 0 Å². The lowest BCUT2D eigenvalue weighted by atomic mass is 10.1. The first kappa shape index (κ1) is 13.8. The number of hydrogen-bond acceptors (Lipinski definition) is 4. The zero-order chi connectivity index (χ0) is 13.8. The monoisotopic (exact) mass is 262 g/mol. The van der Waals surface area contributed by atoms with Crippen molar-refractivity contribution < 1.29 is 4.79 Å². The predicted molar refractivity (Wildman–Crippen MR) is 75.8 cm³/mol. The van der Waals surface area contributed by atoms with Crippen LogP contribution in [0.2, 0.25) is 0 Å². The molecule has 5 nitrogen and oxygen atoms in total. The van der Waals surface area contributed by atoms with Crippen LogP contribution >= 0.6 is 0 Å². The van der Waals surface area contributed by atoms with Crippen LogP contribution in [0.15, 0.2) is 18.3 Å². The summed E-state index contributed by atoms with van der Waals surface area (Å²) in [6.07, 6.45) is 2.71. The summed E-state index contributed by atoms with van der Waals surface area (Å²) in [5.74, 6) is 0.849. The van der Waals surface area contributed by atoms with Crippen LogP contribution in [0.5, 0.6) is 0 Å². The number of rotatable bonds is 4. The smallest absolute Gasteiger partial charge is 0.251 e. The highest BCUT2D eigenvalue weighted by molar-refractivity contribution is 5.94. The van der Waals surface area contributed by atoms with E-state index in [-0.39, 0.29) is 5.91 Å². The van der Waals surface area contributed by atoms with Gasteiger partial charge >= 0.3 is 0 Å². The van der Waals surface area contributed by atoms with Crippen molar-refractivity contribution in [3.05, 3.63) is 23.9 Å². The number of aromatic nitrogens is 1. The summed E-state index contributed by atoms with van der Waals surface area (Å²) in [6, 6.07) is 3.87. The maximum absolute atomic E-state index is 12.0. The molecule has 0 saturated carbocycles. The minimum atomic E-state index is -0.0721. The number of nitrogens with zero attached hydrogens (tertiary/aromatic N) is 2. The van der Waals surface area contributed by atoms with Crippen LogP contribution in [0.4, 0.5) is 5.82 Å². The number of pyridine rings is 1. The highest BCUT2D eigenvalue weighted by Gasteiger charge is 2.24. The van der Waals surface area contributed by atoms with Crippen molar-refractivity contribution in [1.29, 1.82) is 0 Å². The fraction of sp³-hybridized carbons (Fsp3) is 0.571. The van der Waals surface area contributed by atoms with E-state index < -0.39 is 0 Å². The molecule has 104 valence electrons. The average molecular weight is 262 g/mol. The summed E-state index contributed by atoms with van der Waals surface area (Å²) in [5, 5.41) is 2.98. The fourth-order valence-corrected chi connectivity index (χ4v) is 2.43. The maximum atomic E-state index is 12.0. The molecule has 2 heterocycles. The first-order chi connectivity index (χ1) is 9.06. The minimum absolute atomic E-state index is 0.0721. The maximum Gasteiger partial charge on any atom is 0.251 e. The lowest BCUT2D eigenvalue weighted by molar-refractivity contribution is 0.0947. The van der Waals surface area contributed by atoms with Crippen molar-refractivity contribution in [3.8, 4) is 0 Å². The Labute approximate surface area is 114 Å². The molecule has 0 spiro atoms. The van der Waals surface area contributed by atoms with Gasteiger partial charge in [0.15, 0.2) is 0 Å². The summed E-state index contributed by atoms with van der Waals surface area (Å²) in [6.45, 7) is 7.34. The molecule has 1 aliphatic heterocycles. The second kappa shape index (κ2) is 6.02. The Balaban J connectivity index is 1.82. The van der Waals surface area contributed by atoms with E-state index in [9.17, 15) is 4.79 Å². The summed E-state index contributed by atoms with van der Waals surface area (Å²) < 4.78 is 0. The van der Waals surface area contributed by atoms with Crippen LogP contribution in [-0.4, -0.2) is 41.5 Å². The van der Waals surface area contributed by atoms with Crippen molar-refractivity contribution in [2.45, 2.75) is 26.3 Å². The minimum Gasteiger partial charge on any atom is -0.384 e. The van der Waals surface area contributed by atoms with Gasteiger partial charge in [0.05, 0.1) is 0 Å². The standard InChI is InChI=1S/C14H22N4O/c1-10(2)18-6-4-11(9-18)8-17-14(19)12-3-5-16-13(15)7-12/h3,5,7,10-11H,4,6,8-9H2,1-2H3,(H2,15,16)(H,17,19). The number of likely N-dealkylation sites (tertiary alicyclic amines) is 1. The van der Waals surface area contributed by atoms with Gasteiger partial charge in [-0.1, -0.05) is 0 Å². The van der Waals surface area contributed by atoms with E-state index in [0.29, 0.717) is 23.3 Å². The van der Waals surface area contributed by atoms with E-state index in [1.165, 1.54) is 0 Å². The Morgan fingerprint density at radius 2 is 2.42 bits per heavy atom. The second-order valence-electron chi connectivity index (χ2n) is 5.42. The third kappa shape index (κ3) is 3.67. The number of nitrogen functional groups attached to an aromatic ring is 1. The number of anilines is 1. The molecule has 1 unspecified atom stereocenters. The van der Waals surface area contributed by atoms with E-state index in [1.54, 1.807) is 18.3 Å². The fourth-order valence-electron chi connectivity index (χ4n) is 2.43. The highest BCUT2D eigenvalue weighted by atomic mass is 16.1. The molecule has 1 aromatic rings. The number of carbonyl (C=O) groups excluding carboxylic acids is 1. The first-order valence-corrected chi connectivity index (χ1v) is 6.80. The molecule has 1 fully saturated rings. The van der Waals surface area contributed by atoms with Crippen LogP contribution in [0, 0.1) is 5.92 Å². The molecule has 1 aromatic heterocycles. The SMILES string of the molecule is CC(C)N1CCC(CNC(=O)c2ccnc(N)c2)C1. The van der Waals surface area contributed by atoms with Gasteiger partial charge in [-0.25, -0.2) is 4.98 Å². The van der Waals surface area contributed by atoms with Crippen LogP contribution in [0.1, 0.15) is 30.6 Å². The molecule has 2 rings (SSSR count). The summed E-state index contributed by atoms with van der Waals surface area (Å²) >= 11 is 0. The Bertz CT molecular complexity index is 447. The van der Waals surface area contributed by atoms with Crippen molar-refractivity contribution >= 4 is 11.7 Å². The predicted octanol–water partition coefficient (Wildman–Crippen LogP) is 1.12. The highest BCUT2D eigenvalue weighted by Crippen LogP contribution is 2.17. The molecular formula is C14H22N4O. The molecule has 19 heavy (non-hydrogen) atoms. The Morgan fingerprint density at radius 1 is 1.63 bits per heavy atom.